The molecule has 1 unspecified atom stereocenters. The summed E-state index contributed by atoms with van der Waals surface area (Å²) >= 11 is 1.66. The maximum absolute atomic E-state index is 13.2. The summed E-state index contributed by atoms with van der Waals surface area (Å²) in [5.74, 6) is -0.728. The third kappa shape index (κ3) is 4.59. The van der Waals surface area contributed by atoms with Crippen LogP contribution in [0.5, 0.6) is 0 Å². The number of rotatable bonds is 6. The zero-order valence-corrected chi connectivity index (χ0v) is 18.6. The van der Waals surface area contributed by atoms with Crippen molar-refractivity contribution in [1.82, 2.24) is 5.32 Å². The number of nitrogens with one attached hydrogen (secondary N) is 1. The second-order valence-corrected chi connectivity index (χ2v) is 9.21. The van der Waals surface area contributed by atoms with Crippen molar-refractivity contribution in [3.8, 4) is 0 Å². The predicted molar refractivity (Wildman–Crippen MR) is 115 cm³/mol. The Balaban J connectivity index is 2.07. The van der Waals surface area contributed by atoms with E-state index in [2.05, 4.69) is 19.2 Å². The van der Waals surface area contributed by atoms with Gasteiger partial charge in [-0.3, -0.25) is 4.79 Å². The lowest BCUT2D eigenvalue weighted by Gasteiger charge is -2.39. The maximum Gasteiger partial charge on any atom is 0.336 e. The Labute approximate surface area is 176 Å². The van der Waals surface area contributed by atoms with E-state index >= 15 is 0 Å². The molecule has 1 atom stereocenters. The number of thioether (sulfide) groups is 1. The molecule has 0 spiro atoms. The Morgan fingerprint density at radius 2 is 1.90 bits per heavy atom. The number of hydrogen-bond donors (Lipinski definition) is 1. The first kappa shape index (κ1) is 21.7. The molecule has 0 bridgehead atoms. The summed E-state index contributed by atoms with van der Waals surface area (Å²) in [4.78, 5) is 27.3. The van der Waals surface area contributed by atoms with Gasteiger partial charge in [0.2, 0.25) is 0 Å². The van der Waals surface area contributed by atoms with Crippen LogP contribution in [0.4, 0.5) is 0 Å². The highest BCUT2D eigenvalue weighted by Gasteiger charge is 2.43. The van der Waals surface area contributed by atoms with Gasteiger partial charge in [0, 0.05) is 41.3 Å². The highest BCUT2D eigenvalue weighted by Crippen LogP contribution is 2.46. The van der Waals surface area contributed by atoms with Gasteiger partial charge in [0.1, 0.15) is 6.61 Å². The molecule has 6 heteroatoms. The van der Waals surface area contributed by atoms with Gasteiger partial charge in [-0.05, 0) is 42.7 Å². The highest BCUT2D eigenvalue weighted by atomic mass is 32.2. The van der Waals surface area contributed by atoms with Crippen LogP contribution in [0.1, 0.15) is 45.1 Å². The molecule has 1 N–H and O–H groups in total. The number of ether oxygens (including phenoxy) is 2. The number of esters is 1. The minimum Gasteiger partial charge on any atom is -0.460 e. The van der Waals surface area contributed by atoms with Crippen LogP contribution in [0, 0.1) is 5.41 Å². The molecule has 5 nitrogen and oxygen atoms in total. The van der Waals surface area contributed by atoms with Crippen molar-refractivity contribution in [2.24, 2.45) is 5.41 Å². The van der Waals surface area contributed by atoms with Crippen molar-refractivity contribution in [2.75, 3.05) is 26.6 Å². The standard InChI is InChI=1S/C23H29NO4S/c1-14-19(22(26)28-11-10-27-4)20(15-6-8-16(29-5)9-7-15)21-17(24-14)12-23(2,3)13-18(21)25/h6-9,20,24H,10-13H2,1-5H3. The van der Waals surface area contributed by atoms with Crippen LogP contribution in [0.2, 0.25) is 0 Å². The molecule has 0 saturated carbocycles. The lowest BCUT2D eigenvalue weighted by molar-refractivity contribution is -0.140. The molecule has 0 radical (unpaired) electrons. The Morgan fingerprint density at radius 3 is 2.52 bits per heavy atom. The third-order valence-electron chi connectivity index (χ3n) is 5.43. The van der Waals surface area contributed by atoms with Gasteiger partial charge in [0.05, 0.1) is 12.2 Å². The van der Waals surface area contributed by atoms with E-state index in [9.17, 15) is 9.59 Å². The first-order valence-corrected chi connectivity index (χ1v) is 11.0. The number of Topliss-reactive ketones (excluding diaryl/α,β-unsaturated/α-hetero) is 1. The molecule has 1 aromatic rings. The molecule has 1 aliphatic heterocycles. The third-order valence-corrected chi connectivity index (χ3v) is 6.17. The Hall–Kier alpha value is -2.05. The molecule has 156 valence electrons. The van der Waals surface area contributed by atoms with Crippen LogP contribution < -0.4 is 5.32 Å². The molecule has 0 amide bonds. The number of hydrogen-bond acceptors (Lipinski definition) is 6. The van der Waals surface area contributed by atoms with Crippen LogP contribution >= 0.6 is 11.8 Å². The highest BCUT2D eigenvalue weighted by molar-refractivity contribution is 7.98. The van der Waals surface area contributed by atoms with E-state index in [1.807, 2.05) is 37.4 Å². The molecule has 29 heavy (non-hydrogen) atoms. The molecule has 1 aromatic carbocycles. The number of ketones is 1. The number of dihydropyridines is 1. The summed E-state index contributed by atoms with van der Waals surface area (Å²) in [6, 6.07) is 8.08. The van der Waals surface area contributed by atoms with E-state index in [4.69, 9.17) is 9.47 Å². The van der Waals surface area contributed by atoms with Gasteiger partial charge in [0.15, 0.2) is 5.78 Å². The number of allylic oxidation sites excluding steroid dienone is 3. The molecule has 0 fully saturated rings. The lowest BCUT2D eigenvalue weighted by Crippen LogP contribution is -2.38. The molecule has 0 aromatic heterocycles. The van der Waals surface area contributed by atoms with Gasteiger partial charge in [-0.25, -0.2) is 4.79 Å². The van der Waals surface area contributed by atoms with E-state index in [0.29, 0.717) is 24.2 Å². The molecule has 2 aliphatic rings. The average Bonchev–Trinajstić information content (AvgIpc) is 2.66. The molecule has 1 heterocycles. The fraction of sp³-hybridized carbons (Fsp3) is 0.478. The minimum atomic E-state index is -0.416. The number of carbonyl (C=O) groups is 2. The van der Waals surface area contributed by atoms with E-state index < -0.39 is 11.9 Å². The predicted octanol–water partition coefficient (Wildman–Crippen LogP) is 4.20. The summed E-state index contributed by atoms with van der Waals surface area (Å²) in [5.41, 5.74) is 3.71. The van der Waals surface area contributed by atoms with Crippen molar-refractivity contribution in [3.05, 3.63) is 52.4 Å². The number of carbonyl (C=O) groups excluding carboxylic acids is 2. The van der Waals surface area contributed by atoms with E-state index in [1.165, 1.54) is 0 Å². The molecular formula is C23H29NO4S. The first-order chi connectivity index (χ1) is 13.8. The van der Waals surface area contributed by atoms with Crippen molar-refractivity contribution in [1.29, 1.82) is 0 Å². The second kappa shape index (κ2) is 8.76. The Morgan fingerprint density at radius 1 is 1.21 bits per heavy atom. The fourth-order valence-corrected chi connectivity index (χ4v) is 4.54. The lowest BCUT2D eigenvalue weighted by atomic mass is 9.68. The summed E-state index contributed by atoms with van der Waals surface area (Å²) in [6.07, 6.45) is 3.27. The smallest absolute Gasteiger partial charge is 0.336 e. The second-order valence-electron chi connectivity index (χ2n) is 8.33. The van der Waals surface area contributed by atoms with Gasteiger partial charge < -0.3 is 14.8 Å². The van der Waals surface area contributed by atoms with Crippen LogP contribution in [0.3, 0.4) is 0 Å². The monoisotopic (exact) mass is 415 g/mol. The molecule has 1 aliphatic carbocycles. The topological polar surface area (TPSA) is 64.6 Å². The average molecular weight is 416 g/mol. The first-order valence-electron chi connectivity index (χ1n) is 9.81. The van der Waals surface area contributed by atoms with Gasteiger partial charge in [0.25, 0.3) is 0 Å². The van der Waals surface area contributed by atoms with Gasteiger partial charge in [-0.1, -0.05) is 26.0 Å². The minimum absolute atomic E-state index is 0.0948. The summed E-state index contributed by atoms with van der Waals surface area (Å²) in [7, 11) is 1.57. The zero-order chi connectivity index (χ0) is 21.2. The van der Waals surface area contributed by atoms with Crippen LogP contribution in [0.25, 0.3) is 0 Å². The number of benzene rings is 1. The Kier molecular flexibility index (Phi) is 6.54. The van der Waals surface area contributed by atoms with Crippen molar-refractivity contribution in [3.63, 3.8) is 0 Å². The van der Waals surface area contributed by atoms with Crippen molar-refractivity contribution in [2.45, 2.75) is 44.4 Å². The maximum atomic E-state index is 13.2. The normalized spacial score (nSPS) is 21.0. The van der Waals surface area contributed by atoms with Gasteiger partial charge in [-0.2, -0.15) is 0 Å². The van der Waals surface area contributed by atoms with E-state index in [0.717, 1.165) is 28.3 Å². The SMILES string of the molecule is COCCOC(=O)C1=C(C)NC2=C(C(=O)CC(C)(C)C2)C1c1ccc(SC)cc1. The van der Waals surface area contributed by atoms with Crippen molar-refractivity contribution >= 4 is 23.5 Å². The molecule has 3 rings (SSSR count). The summed E-state index contributed by atoms with van der Waals surface area (Å²) < 4.78 is 10.4. The van der Waals surface area contributed by atoms with E-state index in [1.54, 1.807) is 18.9 Å². The number of methoxy groups -OCH3 is 1. The van der Waals surface area contributed by atoms with Gasteiger partial charge >= 0.3 is 5.97 Å². The van der Waals surface area contributed by atoms with Crippen LogP contribution in [0.15, 0.2) is 51.7 Å². The van der Waals surface area contributed by atoms with Crippen LogP contribution in [-0.2, 0) is 19.1 Å². The molecule has 0 saturated heterocycles. The largest absolute Gasteiger partial charge is 0.460 e. The van der Waals surface area contributed by atoms with Crippen molar-refractivity contribution < 1.29 is 19.1 Å². The molecular weight excluding hydrogens is 386 g/mol. The summed E-state index contributed by atoms with van der Waals surface area (Å²) in [6.45, 7) is 6.60. The fourth-order valence-electron chi connectivity index (χ4n) is 4.13. The Bertz CT molecular complexity index is 867. The zero-order valence-electron chi connectivity index (χ0n) is 17.8. The van der Waals surface area contributed by atoms with Crippen LogP contribution in [-0.4, -0.2) is 38.3 Å². The summed E-state index contributed by atoms with van der Waals surface area (Å²) in [5, 5.41) is 3.35. The van der Waals surface area contributed by atoms with E-state index in [-0.39, 0.29) is 17.8 Å². The quantitative estimate of drug-likeness (QED) is 0.427. The van der Waals surface area contributed by atoms with Gasteiger partial charge in [-0.15, -0.1) is 11.8 Å².